The Hall–Kier alpha value is -1.56. The molecule has 1 aromatic rings. The number of benzene rings is 1. The molecule has 0 fully saturated rings. The Bertz CT molecular complexity index is 547. The van der Waals surface area contributed by atoms with Crippen LogP contribution in [0.1, 0.15) is 44.6 Å². The van der Waals surface area contributed by atoms with Crippen molar-refractivity contribution in [3.63, 3.8) is 0 Å². The second-order valence-electron chi connectivity index (χ2n) is 6.73. The lowest BCUT2D eigenvalue weighted by atomic mass is 9.71. The van der Waals surface area contributed by atoms with Crippen molar-refractivity contribution in [1.82, 2.24) is 0 Å². The van der Waals surface area contributed by atoms with E-state index < -0.39 is 0 Å². The summed E-state index contributed by atoms with van der Waals surface area (Å²) in [4.78, 5) is 0. The minimum atomic E-state index is 0.644. The summed E-state index contributed by atoms with van der Waals surface area (Å²) in [6, 6.07) is 10.9. The summed E-state index contributed by atoms with van der Waals surface area (Å²) < 4.78 is 0. The minimum Gasteiger partial charge on any atom is -0.0998 e. The Morgan fingerprint density at radius 2 is 1.95 bits per heavy atom. The van der Waals surface area contributed by atoms with E-state index in [-0.39, 0.29) is 0 Å². The van der Waals surface area contributed by atoms with Crippen LogP contribution in [-0.2, 0) is 0 Å². The first-order valence-corrected chi connectivity index (χ1v) is 8.32. The van der Waals surface area contributed by atoms with Gasteiger partial charge in [-0.25, -0.2) is 0 Å². The maximum atomic E-state index is 4.24. The van der Waals surface area contributed by atoms with Gasteiger partial charge in [-0.15, -0.1) is 0 Å². The molecule has 0 amide bonds. The van der Waals surface area contributed by atoms with Gasteiger partial charge in [0, 0.05) is 0 Å². The van der Waals surface area contributed by atoms with Gasteiger partial charge in [0.2, 0.25) is 0 Å². The first kappa shape index (κ1) is 14.4. The summed E-state index contributed by atoms with van der Waals surface area (Å²) in [5, 5.41) is 0. The lowest BCUT2D eigenvalue weighted by Gasteiger charge is -2.34. The zero-order valence-electron chi connectivity index (χ0n) is 13.1. The van der Waals surface area contributed by atoms with E-state index in [9.17, 15) is 0 Å². The Morgan fingerprint density at radius 3 is 2.62 bits per heavy atom. The zero-order chi connectivity index (χ0) is 14.7. The van der Waals surface area contributed by atoms with Crippen LogP contribution in [0.3, 0.4) is 0 Å². The fourth-order valence-corrected chi connectivity index (χ4v) is 3.81. The Balaban J connectivity index is 1.89. The van der Waals surface area contributed by atoms with E-state index in [1.165, 1.54) is 42.4 Å². The molecule has 0 saturated heterocycles. The van der Waals surface area contributed by atoms with Crippen molar-refractivity contribution in [1.29, 1.82) is 0 Å². The van der Waals surface area contributed by atoms with Gasteiger partial charge in [-0.2, -0.15) is 0 Å². The lowest BCUT2D eigenvalue weighted by molar-refractivity contribution is 0.346. The van der Waals surface area contributed by atoms with Crippen LogP contribution >= 0.6 is 0 Å². The van der Waals surface area contributed by atoms with Gasteiger partial charge in [0.1, 0.15) is 0 Å². The average molecular weight is 278 g/mol. The fourth-order valence-electron chi connectivity index (χ4n) is 3.81. The molecule has 3 atom stereocenters. The van der Waals surface area contributed by atoms with Gasteiger partial charge in [0.05, 0.1) is 0 Å². The third-order valence-electron chi connectivity index (χ3n) is 5.12. The number of rotatable bonds is 3. The minimum absolute atomic E-state index is 0.644. The summed E-state index contributed by atoms with van der Waals surface area (Å²) >= 11 is 0. The molecule has 0 N–H and O–H groups in total. The third kappa shape index (κ3) is 3.37. The molecule has 21 heavy (non-hydrogen) atoms. The molecule has 0 aromatic heterocycles. The monoisotopic (exact) mass is 278 g/mol. The van der Waals surface area contributed by atoms with E-state index >= 15 is 0 Å². The van der Waals surface area contributed by atoms with Gasteiger partial charge in [-0.1, -0.05) is 60.7 Å². The van der Waals surface area contributed by atoms with Crippen LogP contribution in [0, 0.1) is 17.8 Å². The highest BCUT2D eigenvalue weighted by Crippen LogP contribution is 2.41. The highest BCUT2D eigenvalue weighted by molar-refractivity contribution is 5.67. The van der Waals surface area contributed by atoms with Crippen molar-refractivity contribution in [3.05, 3.63) is 66.3 Å². The smallest absolute Gasteiger partial charge is 0.0159 e. The molecule has 0 radical (unpaired) electrons. The molecule has 2 aliphatic carbocycles. The fraction of sp³-hybridized carbons (Fsp3) is 0.429. The van der Waals surface area contributed by atoms with E-state index in [0.717, 1.165) is 12.3 Å². The van der Waals surface area contributed by atoms with Crippen LogP contribution in [0.5, 0.6) is 0 Å². The van der Waals surface area contributed by atoms with Crippen LogP contribution in [0.4, 0.5) is 0 Å². The molecule has 0 aliphatic heterocycles. The van der Waals surface area contributed by atoms with E-state index in [1.54, 1.807) is 0 Å². The summed E-state index contributed by atoms with van der Waals surface area (Å²) in [5.74, 6) is 2.07. The molecule has 3 unspecified atom stereocenters. The molecule has 0 heteroatoms. The molecule has 1 aromatic carbocycles. The van der Waals surface area contributed by atoms with Crippen molar-refractivity contribution in [2.45, 2.75) is 39.0 Å². The number of allylic oxidation sites excluding steroid dienone is 5. The summed E-state index contributed by atoms with van der Waals surface area (Å²) in [5.41, 5.74) is 4.27. The van der Waals surface area contributed by atoms with Crippen molar-refractivity contribution in [2.24, 2.45) is 17.8 Å². The number of hydrogen-bond acceptors (Lipinski definition) is 0. The van der Waals surface area contributed by atoms with Gasteiger partial charge < -0.3 is 0 Å². The van der Waals surface area contributed by atoms with Gasteiger partial charge in [0.15, 0.2) is 0 Å². The van der Waals surface area contributed by atoms with Crippen molar-refractivity contribution in [2.75, 3.05) is 0 Å². The second kappa shape index (κ2) is 6.47. The molecular formula is C21H26. The largest absolute Gasteiger partial charge is 0.0998 e. The molecule has 0 bridgehead atoms. The average Bonchev–Trinajstić information content (AvgIpc) is 2.56. The first-order chi connectivity index (χ1) is 10.2. The highest BCUT2D eigenvalue weighted by Gasteiger charge is 2.28. The van der Waals surface area contributed by atoms with Crippen LogP contribution in [0.2, 0.25) is 0 Å². The summed E-state index contributed by atoms with van der Waals surface area (Å²) in [6.07, 6.45) is 13.8. The van der Waals surface area contributed by atoms with Crippen LogP contribution in [0.25, 0.3) is 5.57 Å². The molecule has 0 spiro atoms. The predicted molar refractivity (Wildman–Crippen MR) is 91.9 cm³/mol. The number of hydrogen-bond donors (Lipinski definition) is 0. The molecular weight excluding hydrogens is 252 g/mol. The summed E-state index contributed by atoms with van der Waals surface area (Å²) in [7, 11) is 0. The van der Waals surface area contributed by atoms with E-state index in [2.05, 4.69) is 62.1 Å². The summed E-state index contributed by atoms with van der Waals surface area (Å²) in [6.45, 7) is 6.44. The van der Waals surface area contributed by atoms with Crippen molar-refractivity contribution in [3.8, 4) is 0 Å². The van der Waals surface area contributed by atoms with E-state index in [1.807, 2.05) is 0 Å². The highest BCUT2D eigenvalue weighted by atomic mass is 14.3. The standard InChI is InChI=1S/C21H26/c1-16(2)19-13-20(17-9-5-3-6-10-17)15-21(14-19)18-11-7-4-8-12-18/h3,5-7,9-11,15,18-19,21H,1,4,8,12-14H2,2H3. The van der Waals surface area contributed by atoms with Gasteiger partial charge >= 0.3 is 0 Å². The Morgan fingerprint density at radius 1 is 1.14 bits per heavy atom. The maximum Gasteiger partial charge on any atom is -0.0159 e. The lowest BCUT2D eigenvalue weighted by Crippen LogP contribution is -2.21. The van der Waals surface area contributed by atoms with Crippen molar-refractivity contribution >= 4 is 5.57 Å². The molecule has 110 valence electrons. The van der Waals surface area contributed by atoms with Crippen LogP contribution in [0.15, 0.2) is 60.7 Å². The SMILES string of the molecule is C=C(C)C1CC(c2ccccc2)=CC(C2C=CCCC2)C1. The zero-order valence-corrected chi connectivity index (χ0v) is 13.1. The maximum absolute atomic E-state index is 4.24. The van der Waals surface area contributed by atoms with Gasteiger partial charge in [-0.3, -0.25) is 0 Å². The Labute approximate surface area is 129 Å². The quantitative estimate of drug-likeness (QED) is 0.592. The molecule has 0 nitrogen and oxygen atoms in total. The first-order valence-electron chi connectivity index (χ1n) is 8.32. The van der Waals surface area contributed by atoms with Crippen LogP contribution in [-0.4, -0.2) is 0 Å². The molecule has 0 saturated carbocycles. The third-order valence-corrected chi connectivity index (χ3v) is 5.12. The van der Waals surface area contributed by atoms with Crippen molar-refractivity contribution < 1.29 is 0 Å². The second-order valence-corrected chi connectivity index (χ2v) is 6.73. The molecule has 3 rings (SSSR count). The van der Waals surface area contributed by atoms with E-state index in [0.29, 0.717) is 11.8 Å². The molecule has 2 aliphatic rings. The van der Waals surface area contributed by atoms with Crippen LogP contribution < -0.4 is 0 Å². The Kier molecular flexibility index (Phi) is 4.43. The predicted octanol–water partition coefficient (Wildman–Crippen LogP) is 6.03. The van der Waals surface area contributed by atoms with Gasteiger partial charge in [-0.05, 0) is 67.9 Å². The van der Waals surface area contributed by atoms with E-state index in [4.69, 9.17) is 0 Å². The normalized spacial score (nSPS) is 29.0. The molecule has 0 heterocycles. The van der Waals surface area contributed by atoms with Gasteiger partial charge in [0.25, 0.3) is 0 Å². The topological polar surface area (TPSA) is 0 Å².